The first-order chi connectivity index (χ1) is 16.7. The number of hydrogen-bond donors (Lipinski definition) is 0. The number of hydrogen-bond acceptors (Lipinski definition) is 0. The molecule has 3 aromatic carbocycles. The van der Waals surface area contributed by atoms with E-state index in [1.165, 1.54) is 62.9 Å². The lowest BCUT2D eigenvalue weighted by Crippen LogP contribution is -2.27. The summed E-state index contributed by atoms with van der Waals surface area (Å²) in [5.41, 5.74) is 14.4. The quantitative estimate of drug-likeness (QED) is 0.355. The van der Waals surface area contributed by atoms with Crippen molar-refractivity contribution < 1.29 is 0 Å². The van der Waals surface area contributed by atoms with Crippen LogP contribution < -0.4 is 0 Å². The third-order valence-electron chi connectivity index (χ3n) is 8.67. The molecule has 180 valence electrons. The Kier molecular flexibility index (Phi) is 5.91. The second-order valence-electron chi connectivity index (χ2n) is 11.7. The van der Waals surface area contributed by atoms with Crippen LogP contribution in [0.4, 0.5) is 0 Å². The van der Waals surface area contributed by atoms with Crippen molar-refractivity contribution in [2.24, 2.45) is 0 Å². The van der Waals surface area contributed by atoms with Crippen molar-refractivity contribution in [3.05, 3.63) is 112 Å². The Labute approximate surface area is 212 Å². The maximum atomic E-state index is 2.64. The molecule has 0 N–H and O–H groups in total. The first-order valence-corrected chi connectivity index (χ1v) is 13.4. The molecule has 2 aliphatic rings. The van der Waals surface area contributed by atoms with Crippen molar-refractivity contribution in [2.45, 2.75) is 84.5 Å². The van der Waals surface area contributed by atoms with Gasteiger partial charge in [0.15, 0.2) is 0 Å². The summed E-state index contributed by atoms with van der Waals surface area (Å²) in [7, 11) is 0. The molecule has 0 aliphatic heterocycles. The maximum Gasteiger partial charge on any atom is 0.0156 e. The zero-order valence-electron chi connectivity index (χ0n) is 22.6. The SMILES string of the molecule is CCCC(C)c1c(-c2ccccc2C)cccc1C1(C)C=C2C(=CC1)c1ccc(C)cc1C2(C)C. The van der Waals surface area contributed by atoms with Gasteiger partial charge in [0.1, 0.15) is 0 Å². The Hall–Kier alpha value is -2.86. The normalized spacial score (nSPS) is 21.1. The first-order valence-electron chi connectivity index (χ1n) is 13.4. The molecule has 0 spiro atoms. The fraction of sp³-hybridized carbons (Fsp3) is 0.371. The van der Waals surface area contributed by atoms with Crippen molar-refractivity contribution in [2.75, 3.05) is 0 Å². The highest BCUT2D eigenvalue weighted by Gasteiger charge is 2.43. The highest BCUT2D eigenvalue weighted by Crippen LogP contribution is 2.55. The van der Waals surface area contributed by atoms with E-state index in [1.807, 2.05) is 0 Å². The minimum Gasteiger partial charge on any atom is -0.0752 e. The molecular formula is C35H40. The minimum atomic E-state index is -0.0246. The largest absolute Gasteiger partial charge is 0.0752 e. The van der Waals surface area contributed by atoms with Crippen LogP contribution in [0.5, 0.6) is 0 Å². The molecule has 0 saturated carbocycles. The van der Waals surface area contributed by atoms with Crippen LogP contribution in [0.25, 0.3) is 16.7 Å². The van der Waals surface area contributed by atoms with E-state index >= 15 is 0 Å². The van der Waals surface area contributed by atoms with Crippen LogP contribution in [-0.4, -0.2) is 0 Å². The standard InChI is InChI=1S/C35H40/c1-8-12-25(4)33-29(26-14-10-9-13-24(26)3)15-11-16-30(33)35(7)20-19-28-27-18-17-23(2)21-31(27)34(5,6)32(28)22-35/h9-11,13-19,21-22,25H,8,12,20H2,1-7H3. The zero-order valence-corrected chi connectivity index (χ0v) is 22.6. The third kappa shape index (κ3) is 3.83. The summed E-state index contributed by atoms with van der Waals surface area (Å²) in [5, 5.41) is 0. The van der Waals surface area contributed by atoms with Gasteiger partial charge in [-0.3, -0.25) is 0 Å². The molecule has 3 aromatic rings. The van der Waals surface area contributed by atoms with E-state index < -0.39 is 0 Å². The van der Waals surface area contributed by atoms with Gasteiger partial charge in [0.05, 0.1) is 0 Å². The summed E-state index contributed by atoms with van der Waals surface area (Å²) in [6.07, 6.45) is 8.62. The molecule has 2 unspecified atom stereocenters. The molecule has 2 atom stereocenters. The lowest BCUT2D eigenvalue weighted by molar-refractivity contribution is 0.554. The average Bonchev–Trinajstić information content (AvgIpc) is 3.05. The molecule has 0 nitrogen and oxygen atoms in total. The van der Waals surface area contributed by atoms with E-state index in [4.69, 9.17) is 0 Å². The monoisotopic (exact) mass is 460 g/mol. The van der Waals surface area contributed by atoms with Gasteiger partial charge in [-0.25, -0.2) is 0 Å². The van der Waals surface area contributed by atoms with Gasteiger partial charge in [0.2, 0.25) is 0 Å². The number of rotatable bonds is 5. The Morgan fingerprint density at radius 3 is 2.31 bits per heavy atom. The lowest BCUT2D eigenvalue weighted by Gasteiger charge is -2.37. The fourth-order valence-corrected chi connectivity index (χ4v) is 6.68. The van der Waals surface area contributed by atoms with E-state index in [-0.39, 0.29) is 10.8 Å². The zero-order chi connectivity index (χ0) is 25.0. The second kappa shape index (κ2) is 8.66. The summed E-state index contributed by atoms with van der Waals surface area (Å²) in [4.78, 5) is 0. The van der Waals surface area contributed by atoms with E-state index in [2.05, 4.69) is 121 Å². The summed E-state index contributed by atoms with van der Waals surface area (Å²) in [5.74, 6) is 0.517. The Morgan fingerprint density at radius 2 is 1.57 bits per heavy atom. The first kappa shape index (κ1) is 23.9. The van der Waals surface area contributed by atoms with Crippen molar-refractivity contribution in [1.82, 2.24) is 0 Å². The van der Waals surface area contributed by atoms with Gasteiger partial charge in [-0.2, -0.15) is 0 Å². The number of aryl methyl sites for hydroxylation is 2. The number of fused-ring (bicyclic) bond motifs is 3. The van der Waals surface area contributed by atoms with Crippen LogP contribution in [0.1, 0.15) is 93.2 Å². The van der Waals surface area contributed by atoms with Gasteiger partial charge in [0.25, 0.3) is 0 Å². The number of benzene rings is 3. The topological polar surface area (TPSA) is 0 Å². The molecule has 0 aromatic heterocycles. The van der Waals surface area contributed by atoms with Gasteiger partial charge in [-0.1, -0.05) is 119 Å². The molecule has 0 saturated heterocycles. The molecule has 0 radical (unpaired) electrons. The maximum absolute atomic E-state index is 2.64. The molecule has 2 aliphatic carbocycles. The van der Waals surface area contributed by atoms with Crippen molar-refractivity contribution in [3.63, 3.8) is 0 Å². The molecule has 5 rings (SSSR count). The van der Waals surface area contributed by atoms with Gasteiger partial charge >= 0.3 is 0 Å². The smallest absolute Gasteiger partial charge is 0.0156 e. The van der Waals surface area contributed by atoms with Crippen LogP contribution in [0, 0.1) is 13.8 Å². The summed E-state index contributed by atoms with van der Waals surface area (Å²) < 4.78 is 0. The van der Waals surface area contributed by atoms with E-state index in [1.54, 1.807) is 5.56 Å². The van der Waals surface area contributed by atoms with Gasteiger partial charge in [-0.05, 0) is 82.7 Å². The lowest BCUT2D eigenvalue weighted by atomic mass is 9.67. The molecular weight excluding hydrogens is 420 g/mol. The fourth-order valence-electron chi connectivity index (χ4n) is 6.68. The summed E-state index contributed by atoms with van der Waals surface area (Å²) in [6.45, 7) is 16.5. The van der Waals surface area contributed by atoms with E-state index in [9.17, 15) is 0 Å². The Morgan fingerprint density at radius 1 is 0.829 bits per heavy atom. The molecule has 0 fully saturated rings. The average molecular weight is 461 g/mol. The second-order valence-corrected chi connectivity index (χ2v) is 11.7. The summed E-state index contributed by atoms with van der Waals surface area (Å²) in [6, 6.07) is 23.0. The molecule has 0 bridgehead atoms. The van der Waals surface area contributed by atoms with Crippen LogP contribution in [-0.2, 0) is 10.8 Å². The van der Waals surface area contributed by atoms with Gasteiger partial charge in [-0.15, -0.1) is 0 Å². The van der Waals surface area contributed by atoms with Crippen molar-refractivity contribution in [1.29, 1.82) is 0 Å². The van der Waals surface area contributed by atoms with Crippen LogP contribution in [0.3, 0.4) is 0 Å². The highest BCUT2D eigenvalue weighted by molar-refractivity contribution is 5.91. The molecule has 0 heterocycles. The Balaban J connectivity index is 1.70. The number of allylic oxidation sites excluding steroid dienone is 4. The van der Waals surface area contributed by atoms with Crippen LogP contribution in [0.15, 0.2) is 78.4 Å². The van der Waals surface area contributed by atoms with Gasteiger partial charge in [0, 0.05) is 10.8 Å². The third-order valence-corrected chi connectivity index (χ3v) is 8.67. The minimum absolute atomic E-state index is 0.0246. The predicted octanol–water partition coefficient (Wildman–Crippen LogP) is 9.84. The highest BCUT2D eigenvalue weighted by atomic mass is 14.5. The van der Waals surface area contributed by atoms with E-state index in [0.29, 0.717) is 5.92 Å². The van der Waals surface area contributed by atoms with Crippen molar-refractivity contribution >= 4 is 5.57 Å². The molecule has 35 heavy (non-hydrogen) atoms. The Bertz CT molecular complexity index is 1350. The predicted molar refractivity (Wildman–Crippen MR) is 152 cm³/mol. The van der Waals surface area contributed by atoms with Crippen LogP contribution >= 0.6 is 0 Å². The van der Waals surface area contributed by atoms with Crippen molar-refractivity contribution in [3.8, 4) is 11.1 Å². The van der Waals surface area contributed by atoms with Gasteiger partial charge < -0.3 is 0 Å². The summed E-state index contributed by atoms with van der Waals surface area (Å²) >= 11 is 0. The molecule has 0 amide bonds. The molecule has 0 heteroatoms. The van der Waals surface area contributed by atoms with E-state index in [0.717, 1.165) is 6.42 Å². The van der Waals surface area contributed by atoms with Crippen LogP contribution in [0.2, 0.25) is 0 Å².